The fourth-order valence-electron chi connectivity index (χ4n) is 2.86. The number of carbonyl (C=O) groups excluding carboxylic acids is 1. The van der Waals surface area contributed by atoms with Crippen LogP contribution in [0.3, 0.4) is 0 Å². The number of rotatable bonds is 8. The van der Waals surface area contributed by atoms with Gasteiger partial charge in [-0.1, -0.05) is 6.92 Å². The molecule has 0 spiro atoms. The van der Waals surface area contributed by atoms with E-state index >= 15 is 0 Å². The molecule has 1 heterocycles. The van der Waals surface area contributed by atoms with Crippen LogP contribution in [0.5, 0.6) is 11.5 Å². The Morgan fingerprint density at radius 1 is 1.17 bits per heavy atom. The quantitative estimate of drug-likeness (QED) is 0.673. The number of thioether (sulfide) groups is 1. The summed E-state index contributed by atoms with van der Waals surface area (Å²) in [7, 11) is 3.36. The van der Waals surface area contributed by atoms with E-state index in [2.05, 4.69) is 11.8 Å². The molecule has 0 radical (unpaired) electrons. The first-order valence-electron chi connectivity index (χ1n) is 8.46. The normalized spacial score (nSPS) is 15.4. The average molecular weight is 353 g/mol. The molecule has 1 amide bonds. The Bertz CT molecular complexity index is 531. The molecule has 6 heteroatoms. The van der Waals surface area contributed by atoms with Gasteiger partial charge in [-0.2, -0.15) is 11.8 Å². The van der Waals surface area contributed by atoms with E-state index in [1.54, 1.807) is 14.2 Å². The highest BCUT2D eigenvalue weighted by molar-refractivity contribution is 7.99. The second kappa shape index (κ2) is 9.79. The van der Waals surface area contributed by atoms with Gasteiger partial charge in [0.25, 0.3) is 0 Å². The van der Waals surface area contributed by atoms with Crippen molar-refractivity contribution in [3.05, 3.63) is 23.8 Å². The van der Waals surface area contributed by atoms with Gasteiger partial charge in [0.1, 0.15) is 11.5 Å². The Morgan fingerprint density at radius 3 is 2.54 bits per heavy atom. The van der Waals surface area contributed by atoms with Crippen molar-refractivity contribution in [1.82, 2.24) is 9.80 Å². The smallest absolute Gasteiger partial charge is 0.223 e. The topological polar surface area (TPSA) is 42.0 Å². The lowest BCUT2D eigenvalue weighted by Crippen LogP contribution is -2.48. The van der Waals surface area contributed by atoms with Gasteiger partial charge in [0.05, 0.1) is 14.2 Å². The van der Waals surface area contributed by atoms with E-state index in [0.29, 0.717) is 6.42 Å². The Balaban J connectivity index is 1.86. The van der Waals surface area contributed by atoms with Crippen LogP contribution in [0.25, 0.3) is 0 Å². The summed E-state index contributed by atoms with van der Waals surface area (Å²) in [5.41, 5.74) is 1.12. The van der Waals surface area contributed by atoms with E-state index in [4.69, 9.17) is 9.47 Å². The summed E-state index contributed by atoms with van der Waals surface area (Å²) >= 11 is 1.83. The maximum absolute atomic E-state index is 12.2. The molecule has 1 fully saturated rings. The van der Waals surface area contributed by atoms with Gasteiger partial charge in [-0.25, -0.2) is 0 Å². The predicted octanol–water partition coefficient (Wildman–Crippen LogP) is 2.49. The van der Waals surface area contributed by atoms with Crippen molar-refractivity contribution < 1.29 is 14.3 Å². The monoisotopic (exact) mass is 352 g/mol. The first-order chi connectivity index (χ1) is 11.7. The zero-order valence-corrected chi connectivity index (χ0v) is 15.7. The van der Waals surface area contributed by atoms with Crippen LogP contribution >= 0.6 is 11.8 Å². The molecule has 0 N–H and O–H groups in total. The zero-order valence-electron chi connectivity index (χ0n) is 14.9. The van der Waals surface area contributed by atoms with Gasteiger partial charge in [0.2, 0.25) is 5.91 Å². The standard InChI is InChI=1S/C18H28N2O3S/c1-4-24-12-7-18(21)20-10-8-19(9-11-20)14-15-13-16(22-2)5-6-17(15)23-3/h5-6,13H,4,7-12,14H2,1-3H3. The molecule has 1 aliphatic heterocycles. The number of hydrogen-bond acceptors (Lipinski definition) is 5. The van der Waals surface area contributed by atoms with E-state index in [9.17, 15) is 4.79 Å². The minimum absolute atomic E-state index is 0.287. The first kappa shape index (κ1) is 18.9. The number of piperazine rings is 1. The molecule has 5 nitrogen and oxygen atoms in total. The molecule has 24 heavy (non-hydrogen) atoms. The molecule has 134 valence electrons. The zero-order chi connectivity index (χ0) is 17.4. The van der Waals surface area contributed by atoms with E-state index in [1.807, 2.05) is 34.9 Å². The Kier molecular flexibility index (Phi) is 7.72. The number of ether oxygens (including phenoxy) is 2. The van der Waals surface area contributed by atoms with Crippen LogP contribution in [0.1, 0.15) is 18.9 Å². The molecule has 1 aromatic carbocycles. The Labute approximate surface area is 149 Å². The van der Waals surface area contributed by atoms with Crippen LogP contribution in [0.2, 0.25) is 0 Å². The highest BCUT2D eigenvalue weighted by atomic mass is 32.2. The highest BCUT2D eigenvalue weighted by Gasteiger charge is 2.21. The fourth-order valence-corrected chi connectivity index (χ4v) is 3.47. The maximum atomic E-state index is 12.2. The average Bonchev–Trinajstić information content (AvgIpc) is 2.62. The van der Waals surface area contributed by atoms with E-state index < -0.39 is 0 Å². The summed E-state index contributed by atoms with van der Waals surface area (Å²) < 4.78 is 10.8. The van der Waals surface area contributed by atoms with Gasteiger partial charge in [0, 0.05) is 50.5 Å². The second-order valence-electron chi connectivity index (χ2n) is 5.78. The van der Waals surface area contributed by atoms with Gasteiger partial charge >= 0.3 is 0 Å². The summed E-state index contributed by atoms with van der Waals surface area (Å²) in [5.74, 6) is 4.01. The third-order valence-electron chi connectivity index (χ3n) is 4.27. The third-order valence-corrected chi connectivity index (χ3v) is 5.17. The van der Waals surface area contributed by atoms with E-state index in [0.717, 1.165) is 61.3 Å². The molecule has 1 saturated heterocycles. The second-order valence-corrected chi connectivity index (χ2v) is 7.18. The van der Waals surface area contributed by atoms with Gasteiger partial charge in [0.15, 0.2) is 0 Å². The van der Waals surface area contributed by atoms with Crippen molar-refractivity contribution in [2.45, 2.75) is 19.9 Å². The molecule has 0 unspecified atom stereocenters. The van der Waals surface area contributed by atoms with E-state index in [1.165, 1.54) is 0 Å². The lowest BCUT2D eigenvalue weighted by atomic mass is 10.1. The van der Waals surface area contributed by atoms with Crippen molar-refractivity contribution in [1.29, 1.82) is 0 Å². The summed E-state index contributed by atoms with van der Waals surface area (Å²) in [6, 6.07) is 5.88. The molecular formula is C18H28N2O3S. The summed E-state index contributed by atoms with van der Waals surface area (Å²) in [4.78, 5) is 16.5. The van der Waals surface area contributed by atoms with Crippen molar-refractivity contribution >= 4 is 17.7 Å². The number of nitrogens with zero attached hydrogens (tertiary/aromatic N) is 2. The lowest BCUT2D eigenvalue weighted by Gasteiger charge is -2.35. The number of carbonyl (C=O) groups is 1. The van der Waals surface area contributed by atoms with Gasteiger partial charge < -0.3 is 14.4 Å². The third kappa shape index (κ3) is 5.31. The largest absolute Gasteiger partial charge is 0.497 e. The Morgan fingerprint density at radius 2 is 1.92 bits per heavy atom. The van der Waals surface area contributed by atoms with Crippen molar-refractivity contribution in [3.63, 3.8) is 0 Å². The summed E-state index contributed by atoms with van der Waals surface area (Å²) in [6.45, 7) is 6.35. The predicted molar refractivity (Wildman–Crippen MR) is 99.0 cm³/mol. The SMILES string of the molecule is CCSCCC(=O)N1CCN(Cc2cc(OC)ccc2OC)CC1. The number of amides is 1. The number of hydrogen-bond donors (Lipinski definition) is 0. The highest BCUT2D eigenvalue weighted by Crippen LogP contribution is 2.25. The fraction of sp³-hybridized carbons (Fsp3) is 0.611. The van der Waals surface area contributed by atoms with Crippen molar-refractivity contribution in [2.24, 2.45) is 0 Å². The minimum atomic E-state index is 0.287. The molecule has 2 rings (SSSR count). The molecule has 1 aliphatic rings. The molecule has 0 aromatic heterocycles. The van der Waals surface area contributed by atoms with Crippen LogP contribution < -0.4 is 9.47 Å². The van der Waals surface area contributed by atoms with Crippen molar-refractivity contribution in [3.8, 4) is 11.5 Å². The van der Waals surface area contributed by atoms with Gasteiger partial charge in [-0.05, 0) is 24.0 Å². The van der Waals surface area contributed by atoms with Gasteiger partial charge in [-0.3, -0.25) is 9.69 Å². The summed E-state index contributed by atoms with van der Waals surface area (Å²) in [6.07, 6.45) is 0.655. The maximum Gasteiger partial charge on any atom is 0.223 e. The lowest BCUT2D eigenvalue weighted by molar-refractivity contribution is -0.132. The first-order valence-corrected chi connectivity index (χ1v) is 9.62. The number of benzene rings is 1. The molecular weight excluding hydrogens is 324 g/mol. The van der Waals surface area contributed by atoms with Crippen LogP contribution in [-0.2, 0) is 11.3 Å². The van der Waals surface area contributed by atoms with Crippen molar-refractivity contribution in [2.75, 3.05) is 51.9 Å². The molecule has 0 aliphatic carbocycles. The van der Waals surface area contributed by atoms with E-state index in [-0.39, 0.29) is 5.91 Å². The van der Waals surface area contributed by atoms with Gasteiger partial charge in [-0.15, -0.1) is 0 Å². The van der Waals surface area contributed by atoms with Crippen LogP contribution in [0.15, 0.2) is 18.2 Å². The molecule has 0 bridgehead atoms. The minimum Gasteiger partial charge on any atom is -0.497 e. The molecule has 0 atom stereocenters. The van der Waals surface area contributed by atoms with Crippen LogP contribution in [0.4, 0.5) is 0 Å². The van der Waals surface area contributed by atoms with Crippen LogP contribution in [-0.4, -0.2) is 67.6 Å². The summed E-state index contributed by atoms with van der Waals surface area (Å²) in [5, 5.41) is 0. The Hall–Kier alpha value is -1.40. The van der Waals surface area contributed by atoms with Crippen LogP contribution in [0, 0.1) is 0 Å². The molecule has 1 aromatic rings. The number of methoxy groups -OCH3 is 2. The molecule has 0 saturated carbocycles.